The van der Waals surface area contributed by atoms with Gasteiger partial charge in [-0.1, -0.05) is 0 Å². The second kappa shape index (κ2) is 4.25. The molecule has 1 aromatic heterocycles. The summed E-state index contributed by atoms with van der Waals surface area (Å²) in [5.41, 5.74) is 0.561. The first-order valence-corrected chi connectivity index (χ1v) is 4.78. The van der Waals surface area contributed by atoms with Gasteiger partial charge in [0.05, 0.1) is 11.3 Å². The number of rotatable bonds is 2. The van der Waals surface area contributed by atoms with Gasteiger partial charge in [-0.2, -0.15) is 4.98 Å². The van der Waals surface area contributed by atoms with Crippen molar-refractivity contribution in [2.45, 2.75) is 6.92 Å². The van der Waals surface area contributed by atoms with Crippen LogP contribution in [-0.2, 0) is 0 Å². The molecule has 2 rings (SSSR count). The lowest BCUT2D eigenvalue weighted by Crippen LogP contribution is -2.12. The summed E-state index contributed by atoms with van der Waals surface area (Å²) < 4.78 is 17.6. The summed E-state index contributed by atoms with van der Waals surface area (Å²) in [6, 6.07) is 3.14. The van der Waals surface area contributed by atoms with Gasteiger partial charge in [0.15, 0.2) is 0 Å². The van der Waals surface area contributed by atoms with Crippen molar-refractivity contribution >= 4 is 11.9 Å². The Labute approximate surface area is 95.9 Å². The lowest BCUT2D eigenvalue weighted by atomic mass is 10.2. The van der Waals surface area contributed by atoms with E-state index in [1.165, 1.54) is 12.3 Å². The third-order valence-corrected chi connectivity index (χ3v) is 2.04. The lowest BCUT2D eigenvalue weighted by Gasteiger charge is -2.03. The summed E-state index contributed by atoms with van der Waals surface area (Å²) in [5, 5.41) is 11.7. The number of aryl methyl sites for hydroxylation is 1. The molecule has 0 bridgehead atoms. The first-order chi connectivity index (χ1) is 8.06. The molecule has 0 radical (unpaired) electrons. The zero-order chi connectivity index (χ0) is 12.4. The van der Waals surface area contributed by atoms with Crippen LogP contribution in [0.25, 0.3) is 0 Å². The van der Waals surface area contributed by atoms with E-state index in [4.69, 9.17) is 4.42 Å². The van der Waals surface area contributed by atoms with E-state index in [0.29, 0.717) is 5.69 Å². The summed E-state index contributed by atoms with van der Waals surface area (Å²) in [7, 11) is 0. The van der Waals surface area contributed by atoms with E-state index in [1.807, 2.05) is 0 Å². The molecule has 0 spiro atoms. The van der Waals surface area contributed by atoms with Crippen LogP contribution in [-0.4, -0.2) is 16.0 Å². The molecule has 0 saturated carbocycles. The number of nitrogens with one attached hydrogen (secondary N) is 1. The van der Waals surface area contributed by atoms with Crippen LogP contribution in [0.15, 0.2) is 28.9 Å². The molecule has 0 unspecified atom stereocenters. The molecule has 6 heteroatoms. The maximum Gasteiger partial charge on any atom is 0.301 e. The average Bonchev–Trinajstić information content (AvgIpc) is 2.63. The fourth-order valence-electron chi connectivity index (χ4n) is 1.27. The quantitative estimate of drug-likeness (QED) is 0.837. The van der Waals surface area contributed by atoms with Crippen LogP contribution >= 0.6 is 0 Å². The lowest BCUT2D eigenvalue weighted by molar-refractivity contribution is 0.102. The van der Waals surface area contributed by atoms with Crippen molar-refractivity contribution in [2.75, 3.05) is 5.32 Å². The largest absolute Gasteiger partial charge is 0.507 e. The number of hydrogen-bond donors (Lipinski definition) is 2. The summed E-state index contributed by atoms with van der Waals surface area (Å²) in [5.74, 6) is -1.68. The highest BCUT2D eigenvalue weighted by atomic mass is 19.1. The van der Waals surface area contributed by atoms with Crippen LogP contribution in [0.3, 0.4) is 0 Å². The highest BCUT2D eigenvalue weighted by Gasteiger charge is 2.14. The topological polar surface area (TPSA) is 75.4 Å². The average molecular weight is 236 g/mol. The molecule has 0 fully saturated rings. The van der Waals surface area contributed by atoms with E-state index < -0.39 is 17.5 Å². The Bertz CT molecular complexity index is 566. The standard InChI is InChI=1S/C11H9FN2O3/c1-6-5-17-11(13-6)14-10(16)8-3-2-7(12)4-9(8)15/h2-5,15H,1H3,(H,13,14,16). The van der Waals surface area contributed by atoms with Crippen LogP contribution in [0.4, 0.5) is 10.4 Å². The van der Waals surface area contributed by atoms with Crippen LogP contribution in [0.1, 0.15) is 16.1 Å². The van der Waals surface area contributed by atoms with Gasteiger partial charge in [0.25, 0.3) is 5.91 Å². The molecule has 1 aromatic carbocycles. The van der Waals surface area contributed by atoms with Crippen molar-refractivity contribution < 1.29 is 18.7 Å². The second-order valence-corrected chi connectivity index (χ2v) is 3.41. The van der Waals surface area contributed by atoms with Gasteiger partial charge in [-0.15, -0.1) is 0 Å². The van der Waals surface area contributed by atoms with Crippen LogP contribution in [0.2, 0.25) is 0 Å². The predicted molar refractivity (Wildman–Crippen MR) is 57.3 cm³/mol. The zero-order valence-corrected chi connectivity index (χ0v) is 8.90. The number of phenolic OH excluding ortho intramolecular Hbond substituents is 1. The number of hydrogen-bond acceptors (Lipinski definition) is 4. The van der Waals surface area contributed by atoms with Crippen molar-refractivity contribution in [1.29, 1.82) is 0 Å². The molecule has 0 aliphatic rings. The minimum absolute atomic E-state index is 0.0243. The maximum atomic E-state index is 12.7. The van der Waals surface area contributed by atoms with Gasteiger partial charge in [-0.05, 0) is 19.1 Å². The van der Waals surface area contributed by atoms with Gasteiger partial charge in [-0.3, -0.25) is 10.1 Å². The zero-order valence-electron chi connectivity index (χ0n) is 8.90. The highest BCUT2D eigenvalue weighted by molar-refractivity contribution is 6.05. The molecule has 2 N–H and O–H groups in total. The van der Waals surface area contributed by atoms with Gasteiger partial charge < -0.3 is 9.52 Å². The molecule has 17 heavy (non-hydrogen) atoms. The Morgan fingerprint density at radius 3 is 2.88 bits per heavy atom. The fourth-order valence-corrected chi connectivity index (χ4v) is 1.27. The van der Waals surface area contributed by atoms with Crippen LogP contribution in [0.5, 0.6) is 5.75 Å². The van der Waals surface area contributed by atoms with Crippen molar-refractivity contribution in [3.63, 3.8) is 0 Å². The molecular weight excluding hydrogens is 227 g/mol. The number of amides is 1. The van der Waals surface area contributed by atoms with Crippen molar-refractivity contribution in [3.8, 4) is 5.75 Å². The predicted octanol–water partition coefficient (Wildman–Crippen LogP) is 2.08. The molecule has 88 valence electrons. The fraction of sp³-hybridized carbons (Fsp3) is 0.0909. The molecular formula is C11H9FN2O3. The van der Waals surface area contributed by atoms with Gasteiger partial charge >= 0.3 is 6.01 Å². The monoisotopic (exact) mass is 236 g/mol. The normalized spacial score (nSPS) is 10.2. The highest BCUT2D eigenvalue weighted by Crippen LogP contribution is 2.19. The van der Waals surface area contributed by atoms with E-state index >= 15 is 0 Å². The number of phenols is 1. The van der Waals surface area contributed by atoms with Gasteiger partial charge in [-0.25, -0.2) is 4.39 Å². The third-order valence-electron chi connectivity index (χ3n) is 2.04. The van der Waals surface area contributed by atoms with Crippen molar-refractivity contribution in [2.24, 2.45) is 0 Å². The first-order valence-electron chi connectivity index (χ1n) is 4.78. The van der Waals surface area contributed by atoms with Gasteiger partial charge in [0.2, 0.25) is 0 Å². The smallest absolute Gasteiger partial charge is 0.301 e. The first kappa shape index (κ1) is 11.1. The van der Waals surface area contributed by atoms with Crippen LogP contribution < -0.4 is 5.32 Å². The van der Waals surface area contributed by atoms with Gasteiger partial charge in [0.1, 0.15) is 17.8 Å². The summed E-state index contributed by atoms with van der Waals surface area (Å²) in [6.45, 7) is 1.70. The third kappa shape index (κ3) is 2.41. The minimum atomic E-state index is -0.621. The molecule has 0 aliphatic carbocycles. The Morgan fingerprint density at radius 2 is 2.29 bits per heavy atom. The van der Waals surface area contributed by atoms with E-state index in [1.54, 1.807) is 6.92 Å². The molecule has 0 atom stereocenters. The number of aromatic nitrogens is 1. The van der Waals surface area contributed by atoms with E-state index in [0.717, 1.165) is 12.1 Å². The molecule has 0 aliphatic heterocycles. The summed E-state index contributed by atoms with van der Waals surface area (Å²) in [4.78, 5) is 15.5. The second-order valence-electron chi connectivity index (χ2n) is 3.41. The number of nitrogens with zero attached hydrogens (tertiary/aromatic N) is 1. The summed E-state index contributed by atoms with van der Waals surface area (Å²) >= 11 is 0. The number of carbonyl (C=O) groups is 1. The van der Waals surface area contributed by atoms with E-state index in [-0.39, 0.29) is 11.6 Å². The van der Waals surface area contributed by atoms with Crippen molar-refractivity contribution in [3.05, 3.63) is 41.5 Å². The maximum absolute atomic E-state index is 12.7. The molecule has 0 saturated heterocycles. The molecule has 1 heterocycles. The van der Waals surface area contributed by atoms with E-state index in [2.05, 4.69) is 10.3 Å². The summed E-state index contributed by atoms with van der Waals surface area (Å²) in [6.07, 6.45) is 1.38. The Hall–Kier alpha value is -2.37. The van der Waals surface area contributed by atoms with Crippen LogP contribution in [0, 0.1) is 12.7 Å². The molecule has 2 aromatic rings. The van der Waals surface area contributed by atoms with E-state index in [9.17, 15) is 14.3 Å². The number of anilines is 1. The van der Waals surface area contributed by atoms with Gasteiger partial charge in [0, 0.05) is 6.07 Å². The van der Waals surface area contributed by atoms with Crippen molar-refractivity contribution in [1.82, 2.24) is 4.98 Å². The Kier molecular flexibility index (Phi) is 2.78. The molecule has 5 nitrogen and oxygen atoms in total. The Morgan fingerprint density at radius 1 is 1.53 bits per heavy atom. The number of aromatic hydroxyl groups is 1. The Balaban J connectivity index is 2.20. The number of benzene rings is 1. The minimum Gasteiger partial charge on any atom is -0.507 e. The number of oxazole rings is 1. The number of carbonyl (C=O) groups excluding carboxylic acids is 1. The number of halogens is 1. The molecule has 1 amide bonds. The SMILES string of the molecule is Cc1coc(NC(=O)c2ccc(F)cc2O)n1.